The Morgan fingerprint density at radius 1 is 1.09 bits per heavy atom. The van der Waals surface area contributed by atoms with Crippen LogP contribution in [0.15, 0.2) is 57.9 Å². The first-order valence-corrected chi connectivity index (χ1v) is 11.9. The summed E-state index contributed by atoms with van der Waals surface area (Å²) in [5.41, 5.74) is 3.38. The number of hydrogen-bond acceptors (Lipinski definition) is 6. The summed E-state index contributed by atoms with van der Waals surface area (Å²) < 4.78 is 7.47. The summed E-state index contributed by atoms with van der Waals surface area (Å²) in [6, 6.07) is 12.9. The average Bonchev–Trinajstić information content (AvgIpc) is 2.82. The van der Waals surface area contributed by atoms with Gasteiger partial charge >= 0.3 is 0 Å². The Morgan fingerprint density at radius 3 is 2.62 bits per heavy atom. The monoisotopic (exact) mass is 539 g/mol. The second-order valence-corrected chi connectivity index (χ2v) is 9.30. The van der Waals surface area contributed by atoms with Crippen LogP contribution in [-0.4, -0.2) is 24.5 Å². The zero-order valence-corrected chi connectivity index (χ0v) is 21.6. The van der Waals surface area contributed by atoms with Gasteiger partial charge < -0.3 is 4.74 Å². The minimum Gasteiger partial charge on any atom is -0.470 e. The maximum atomic E-state index is 13.3. The highest BCUT2D eigenvalue weighted by Gasteiger charge is 2.18. The normalized spacial score (nSPS) is 11.1. The number of halogens is 2. The van der Waals surface area contributed by atoms with E-state index in [1.807, 2.05) is 57.2 Å². The molecule has 0 spiro atoms. The van der Waals surface area contributed by atoms with Gasteiger partial charge in [-0.25, -0.2) is 9.97 Å². The molecule has 0 aliphatic carbocycles. The van der Waals surface area contributed by atoms with Crippen molar-refractivity contribution in [1.82, 2.24) is 24.5 Å². The second kappa shape index (κ2) is 10.0. The van der Waals surface area contributed by atoms with Gasteiger partial charge in [0.2, 0.25) is 5.88 Å². The minimum absolute atomic E-state index is 0.193. The van der Waals surface area contributed by atoms with Crippen molar-refractivity contribution >= 4 is 27.5 Å². The number of nitrogens with zero attached hydrogens (tertiary/aromatic N) is 5. The number of aryl methyl sites for hydroxylation is 2. The molecule has 3 aromatic heterocycles. The van der Waals surface area contributed by atoms with Crippen molar-refractivity contribution in [2.75, 3.05) is 0 Å². The highest BCUT2D eigenvalue weighted by Crippen LogP contribution is 2.29. The predicted molar refractivity (Wildman–Crippen MR) is 136 cm³/mol. The van der Waals surface area contributed by atoms with Crippen LogP contribution in [0, 0.1) is 13.8 Å². The van der Waals surface area contributed by atoms with Crippen molar-refractivity contribution in [1.29, 1.82) is 0 Å². The standard InChI is InChI=1S/C25H23BrClN5O2/c1-14(2)23-28-11-10-20(31-23)17-8-9-19(27)21(12-17)32-16(4)30-24(22(26)25(32)33)34-13-18-7-5-6-15(3)29-18/h5-12,14H,13H2,1-4H3. The summed E-state index contributed by atoms with van der Waals surface area (Å²) >= 11 is 9.88. The Labute approximate surface area is 211 Å². The fourth-order valence-corrected chi connectivity index (χ4v) is 4.02. The van der Waals surface area contributed by atoms with Gasteiger partial charge in [0.15, 0.2) is 0 Å². The first-order chi connectivity index (χ1) is 16.2. The van der Waals surface area contributed by atoms with Crippen LogP contribution in [0.25, 0.3) is 16.9 Å². The summed E-state index contributed by atoms with van der Waals surface area (Å²) in [4.78, 5) is 31.2. The molecular formula is C25H23BrClN5O2. The number of benzene rings is 1. The first-order valence-electron chi connectivity index (χ1n) is 10.7. The Bertz CT molecular complexity index is 1420. The highest BCUT2D eigenvalue weighted by atomic mass is 79.9. The van der Waals surface area contributed by atoms with Crippen molar-refractivity contribution in [2.24, 2.45) is 0 Å². The van der Waals surface area contributed by atoms with Crippen LogP contribution in [0.4, 0.5) is 0 Å². The van der Waals surface area contributed by atoms with E-state index < -0.39 is 0 Å². The molecular weight excluding hydrogens is 518 g/mol. The smallest absolute Gasteiger partial charge is 0.276 e. The zero-order valence-electron chi connectivity index (χ0n) is 19.2. The SMILES string of the molecule is Cc1cccc(COc2nc(C)n(-c3cc(-c4ccnc(C(C)C)n4)ccc3Cl)c(=O)c2Br)n1. The van der Waals surface area contributed by atoms with Crippen LogP contribution in [0.1, 0.15) is 42.8 Å². The Hall–Kier alpha value is -3.10. The van der Waals surface area contributed by atoms with Gasteiger partial charge in [0.25, 0.3) is 5.56 Å². The molecule has 4 aromatic rings. The molecule has 0 bridgehead atoms. The molecule has 0 saturated heterocycles. The molecule has 4 rings (SSSR count). The molecule has 0 saturated carbocycles. The van der Waals surface area contributed by atoms with Crippen molar-refractivity contribution < 1.29 is 4.74 Å². The van der Waals surface area contributed by atoms with E-state index in [1.165, 1.54) is 4.57 Å². The third-order valence-corrected chi connectivity index (χ3v) is 6.14. The number of ether oxygens (including phenoxy) is 1. The lowest BCUT2D eigenvalue weighted by Crippen LogP contribution is -2.24. The molecule has 0 unspecified atom stereocenters. The molecule has 0 N–H and O–H groups in total. The van der Waals surface area contributed by atoms with E-state index in [-0.39, 0.29) is 28.4 Å². The first kappa shape index (κ1) is 24.0. The van der Waals surface area contributed by atoms with Crippen LogP contribution >= 0.6 is 27.5 Å². The van der Waals surface area contributed by atoms with E-state index >= 15 is 0 Å². The molecule has 0 aliphatic heterocycles. The molecule has 34 heavy (non-hydrogen) atoms. The van der Waals surface area contributed by atoms with Crippen molar-refractivity contribution in [3.63, 3.8) is 0 Å². The highest BCUT2D eigenvalue weighted by molar-refractivity contribution is 9.10. The summed E-state index contributed by atoms with van der Waals surface area (Å²) in [6.07, 6.45) is 1.73. The Morgan fingerprint density at radius 2 is 1.88 bits per heavy atom. The molecule has 0 fully saturated rings. The topological polar surface area (TPSA) is 82.8 Å². The van der Waals surface area contributed by atoms with E-state index in [2.05, 4.69) is 35.9 Å². The van der Waals surface area contributed by atoms with Gasteiger partial charge in [-0.3, -0.25) is 14.3 Å². The van der Waals surface area contributed by atoms with Gasteiger partial charge in [-0.1, -0.05) is 37.6 Å². The fourth-order valence-electron chi connectivity index (χ4n) is 3.44. The molecule has 0 amide bonds. The lowest BCUT2D eigenvalue weighted by Gasteiger charge is -2.15. The van der Waals surface area contributed by atoms with Crippen LogP contribution in [0.2, 0.25) is 5.02 Å². The van der Waals surface area contributed by atoms with Gasteiger partial charge in [0.1, 0.15) is 22.7 Å². The van der Waals surface area contributed by atoms with E-state index in [1.54, 1.807) is 19.2 Å². The Kier molecular flexibility index (Phi) is 7.09. The lowest BCUT2D eigenvalue weighted by atomic mass is 10.1. The van der Waals surface area contributed by atoms with Crippen LogP contribution in [0.5, 0.6) is 5.88 Å². The quantitative estimate of drug-likeness (QED) is 0.306. The van der Waals surface area contributed by atoms with Gasteiger partial charge in [0, 0.05) is 23.4 Å². The summed E-state index contributed by atoms with van der Waals surface area (Å²) in [6.45, 7) is 7.91. The molecule has 0 radical (unpaired) electrons. The second-order valence-electron chi connectivity index (χ2n) is 8.10. The van der Waals surface area contributed by atoms with Gasteiger partial charge in [-0.05, 0) is 60.1 Å². The molecule has 174 valence electrons. The molecule has 1 aromatic carbocycles. The number of pyridine rings is 1. The average molecular weight is 541 g/mol. The lowest BCUT2D eigenvalue weighted by molar-refractivity contribution is 0.284. The largest absolute Gasteiger partial charge is 0.470 e. The molecule has 0 aliphatic rings. The molecule has 7 nitrogen and oxygen atoms in total. The number of hydrogen-bond donors (Lipinski definition) is 0. The van der Waals surface area contributed by atoms with Crippen LogP contribution < -0.4 is 10.3 Å². The third kappa shape index (κ3) is 5.03. The Balaban J connectivity index is 1.72. The number of rotatable bonds is 6. The van der Waals surface area contributed by atoms with E-state index in [4.69, 9.17) is 16.3 Å². The minimum atomic E-state index is -0.329. The van der Waals surface area contributed by atoms with Gasteiger partial charge in [-0.2, -0.15) is 4.98 Å². The summed E-state index contributed by atoms with van der Waals surface area (Å²) in [5.74, 6) is 1.58. The van der Waals surface area contributed by atoms with Crippen molar-refractivity contribution in [3.8, 4) is 22.8 Å². The van der Waals surface area contributed by atoms with E-state index in [9.17, 15) is 4.79 Å². The van der Waals surface area contributed by atoms with Gasteiger partial charge in [-0.15, -0.1) is 0 Å². The molecule has 9 heteroatoms. The summed E-state index contributed by atoms with van der Waals surface area (Å²) in [7, 11) is 0. The van der Waals surface area contributed by atoms with Gasteiger partial charge in [0.05, 0.1) is 22.1 Å². The van der Waals surface area contributed by atoms with E-state index in [0.29, 0.717) is 16.5 Å². The zero-order chi connectivity index (χ0) is 24.4. The molecule has 3 heterocycles. The van der Waals surface area contributed by atoms with E-state index in [0.717, 1.165) is 28.5 Å². The van der Waals surface area contributed by atoms with Crippen LogP contribution in [0.3, 0.4) is 0 Å². The fraction of sp³-hybridized carbons (Fsp3) is 0.240. The number of aromatic nitrogens is 5. The van der Waals surface area contributed by atoms with Crippen molar-refractivity contribution in [2.45, 2.75) is 40.2 Å². The molecule has 0 atom stereocenters. The maximum Gasteiger partial charge on any atom is 0.276 e. The maximum absolute atomic E-state index is 13.3. The third-order valence-electron chi connectivity index (χ3n) is 5.14. The summed E-state index contributed by atoms with van der Waals surface area (Å²) in [5, 5.41) is 0.415. The predicted octanol–water partition coefficient (Wildman–Crippen LogP) is 5.82. The van der Waals surface area contributed by atoms with Crippen LogP contribution in [-0.2, 0) is 6.61 Å². The van der Waals surface area contributed by atoms with Crippen molar-refractivity contribution in [3.05, 3.63) is 91.5 Å².